The predicted octanol–water partition coefficient (Wildman–Crippen LogP) is 2.28. The molecule has 0 aromatic rings. The summed E-state index contributed by atoms with van der Waals surface area (Å²) < 4.78 is 5.18. The molecule has 1 aliphatic heterocycles. The van der Waals surface area contributed by atoms with Crippen molar-refractivity contribution in [2.24, 2.45) is 11.8 Å². The summed E-state index contributed by atoms with van der Waals surface area (Å²) >= 11 is 0. The third-order valence-electron chi connectivity index (χ3n) is 4.63. The van der Waals surface area contributed by atoms with Gasteiger partial charge in [-0.1, -0.05) is 45.3 Å². The number of ether oxygens (including phenoxy) is 1. The van der Waals surface area contributed by atoms with Crippen molar-refractivity contribution in [1.82, 2.24) is 10.2 Å². The Kier molecular flexibility index (Phi) is 6.82. The van der Waals surface area contributed by atoms with E-state index in [9.17, 15) is 14.4 Å². The van der Waals surface area contributed by atoms with Crippen LogP contribution in [-0.2, 0) is 14.3 Å². The van der Waals surface area contributed by atoms with Gasteiger partial charge in [-0.25, -0.2) is 4.79 Å². The van der Waals surface area contributed by atoms with Crippen molar-refractivity contribution in [1.29, 1.82) is 0 Å². The van der Waals surface area contributed by atoms with Gasteiger partial charge in [0.15, 0.2) is 0 Å². The third-order valence-corrected chi connectivity index (χ3v) is 4.63. The van der Waals surface area contributed by atoms with Crippen molar-refractivity contribution < 1.29 is 19.1 Å². The lowest BCUT2D eigenvalue weighted by molar-refractivity contribution is -0.137. The molecule has 1 fully saturated rings. The number of carbonyl (C=O) groups is 3. The molecule has 0 aromatic carbocycles. The summed E-state index contributed by atoms with van der Waals surface area (Å²) in [6, 6.07) is -1.15. The molecule has 2 aliphatic rings. The van der Waals surface area contributed by atoms with E-state index in [1.807, 2.05) is 19.9 Å². The second-order valence-electron chi connectivity index (χ2n) is 7.06. The number of amides is 2. The Morgan fingerprint density at radius 3 is 2.62 bits per heavy atom. The summed E-state index contributed by atoms with van der Waals surface area (Å²) in [5.41, 5.74) is 0. The topological polar surface area (TPSA) is 75.7 Å². The van der Waals surface area contributed by atoms with E-state index in [1.165, 1.54) is 4.90 Å². The fraction of sp³-hybridized carbons (Fsp3) is 0.722. The molecule has 1 N–H and O–H groups in total. The van der Waals surface area contributed by atoms with E-state index < -0.39 is 18.2 Å². The van der Waals surface area contributed by atoms with Crippen molar-refractivity contribution in [2.45, 2.75) is 58.0 Å². The lowest BCUT2D eigenvalue weighted by Crippen LogP contribution is -2.54. The standard InChI is InChI=1S/C18H28N2O4/c1-13(2)12-24-18(23)19-16(14-7-4-3-5-8-14)17(22)20-10-6-9-15(20)11-21/h6,9,11,13-16H,3-5,7-8,10,12H2,1-2H3,(H,19,23)/t15-,16?/m0/s1. The largest absolute Gasteiger partial charge is 0.449 e. The zero-order valence-corrected chi connectivity index (χ0v) is 14.6. The number of aldehydes is 1. The van der Waals surface area contributed by atoms with Crippen LogP contribution in [0.25, 0.3) is 0 Å². The van der Waals surface area contributed by atoms with Crippen LogP contribution in [-0.4, -0.2) is 48.4 Å². The highest BCUT2D eigenvalue weighted by molar-refractivity contribution is 5.89. The second kappa shape index (κ2) is 8.85. The summed E-state index contributed by atoms with van der Waals surface area (Å²) in [5, 5.41) is 2.77. The Balaban J connectivity index is 2.05. The number of rotatable bonds is 6. The molecule has 0 radical (unpaired) electrons. The van der Waals surface area contributed by atoms with Crippen LogP contribution in [0.4, 0.5) is 4.79 Å². The second-order valence-corrected chi connectivity index (χ2v) is 7.06. The smallest absolute Gasteiger partial charge is 0.407 e. The van der Waals surface area contributed by atoms with Crippen LogP contribution in [0.2, 0.25) is 0 Å². The monoisotopic (exact) mass is 336 g/mol. The van der Waals surface area contributed by atoms with Crippen molar-refractivity contribution in [3.8, 4) is 0 Å². The van der Waals surface area contributed by atoms with E-state index in [-0.39, 0.29) is 17.7 Å². The summed E-state index contributed by atoms with van der Waals surface area (Å²) in [7, 11) is 0. The highest BCUT2D eigenvalue weighted by Gasteiger charge is 2.37. The molecular weight excluding hydrogens is 308 g/mol. The van der Waals surface area contributed by atoms with Gasteiger partial charge in [-0.15, -0.1) is 0 Å². The normalized spacial score (nSPS) is 22.5. The minimum Gasteiger partial charge on any atom is -0.449 e. The Labute approximate surface area is 143 Å². The number of nitrogens with one attached hydrogen (secondary N) is 1. The molecule has 1 aliphatic carbocycles. The maximum Gasteiger partial charge on any atom is 0.407 e. The maximum atomic E-state index is 12.9. The number of hydrogen-bond donors (Lipinski definition) is 1. The minimum absolute atomic E-state index is 0.103. The molecule has 6 heteroatoms. The average Bonchev–Trinajstić information content (AvgIpc) is 3.06. The van der Waals surface area contributed by atoms with Crippen LogP contribution in [0.3, 0.4) is 0 Å². The first-order valence-corrected chi connectivity index (χ1v) is 8.88. The van der Waals surface area contributed by atoms with E-state index in [2.05, 4.69) is 5.32 Å². The molecule has 0 aromatic heterocycles. The summed E-state index contributed by atoms with van der Waals surface area (Å²) in [4.78, 5) is 37.7. The van der Waals surface area contributed by atoms with E-state index in [4.69, 9.17) is 4.74 Å². The van der Waals surface area contributed by atoms with Crippen LogP contribution in [0.1, 0.15) is 46.0 Å². The molecule has 0 saturated heterocycles. The molecule has 0 bridgehead atoms. The summed E-state index contributed by atoms with van der Waals surface area (Å²) in [5.74, 6) is 0.151. The zero-order chi connectivity index (χ0) is 17.5. The fourth-order valence-corrected chi connectivity index (χ4v) is 3.33. The van der Waals surface area contributed by atoms with Gasteiger partial charge in [0.25, 0.3) is 0 Å². The van der Waals surface area contributed by atoms with Gasteiger partial charge < -0.3 is 19.7 Å². The van der Waals surface area contributed by atoms with Gasteiger partial charge in [0, 0.05) is 6.54 Å². The highest BCUT2D eigenvalue weighted by atomic mass is 16.5. The fourth-order valence-electron chi connectivity index (χ4n) is 3.33. The average molecular weight is 336 g/mol. The SMILES string of the molecule is CC(C)COC(=O)NC(C(=O)N1CC=C[C@H]1C=O)C1CCCCC1. The minimum atomic E-state index is -0.618. The van der Waals surface area contributed by atoms with Crippen LogP contribution in [0, 0.1) is 11.8 Å². The van der Waals surface area contributed by atoms with Gasteiger partial charge in [0.2, 0.25) is 5.91 Å². The van der Waals surface area contributed by atoms with E-state index in [1.54, 1.807) is 6.08 Å². The van der Waals surface area contributed by atoms with Crippen LogP contribution in [0.15, 0.2) is 12.2 Å². The molecule has 1 saturated carbocycles. The van der Waals surface area contributed by atoms with E-state index in [0.29, 0.717) is 13.2 Å². The lowest BCUT2D eigenvalue weighted by Gasteiger charge is -2.33. The van der Waals surface area contributed by atoms with Crippen LogP contribution < -0.4 is 5.32 Å². The molecule has 0 spiro atoms. The van der Waals surface area contributed by atoms with Crippen molar-refractivity contribution in [3.05, 3.63) is 12.2 Å². The summed E-state index contributed by atoms with van der Waals surface area (Å²) in [6.07, 6.45) is 8.85. The molecule has 1 unspecified atom stereocenters. The molecule has 2 rings (SSSR count). The first-order chi connectivity index (χ1) is 11.5. The zero-order valence-electron chi connectivity index (χ0n) is 14.6. The number of carbonyl (C=O) groups excluding carboxylic acids is 3. The quantitative estimate of drug-likeness (QED) is 0.596. The number of alkyl carbamates (subject to hydrolysis) is 1. The van der Waals surface area contributed by atoms with E-state index >= 15 is 0 Å². The number of hydrogen-bond acceptors (Lipinski definition) is 4. The first kappa shape index (κ1) is 18.5. The maximum absolute atomic E-state index is 12.9. The van der Waals surface area contributed by atoms with Crippen molar-refractivity contribution in [3.63, 3.8) is 0 Å². The van der Waals surface area contributed by atoms with Crippen molar-refractivity contribution >= 4 is 18.3 Å². The van der Waals surface area contributed by atoms with Crippen LogP contribution in [0.5, 0.6) is 0 Å². The highest BCUT2D eigenvalue weighted by Crippen LogP contribution is 2.28. The molecular formula is C18H28N2O4. The van der Waals surface area contributed by atoms with Crippen molar-refractivity contribution in [2.75, 3.05) is 13.2 Å². The molecule has 6 nitrogen and oxygen atoms in total. The Morgan fingerprint density at radius 2 is 2.00 bits per heavy atom. The van der Waals surface area contributed by atoms with Gasteiger partial charge in [-0.2, -0.15) is 0 Å². The third kappa shape index (κ3) is 4.82. The van der Waals surface area contributed by atoms with Gasteiger partial charge >= 0.3 is 6.09 Å². The predicted molar refractivity (Wildman–Crippen MR) is 90.4 cm³/mol. The lowest BCUT2D eigenvalue weighted by atomic mass is 9.83. The molecule has 24 heavy (non-hydrogen) atoms. The number of nitrogens with zero attached hydrogens (tertiary/aromatic N) is 1. The van der Waals surface area contributed by atoms with Crippen LogP contribution >= 0.6 is 0 Å². The van der Waals surface area contributed by atoms with Gasteiger partial charge in [-0.3, -0.25) is 4.79 Å². The molecule has 1 heterocycles. The van der Waals surface area contributed by atoms with E-state index in [0.717, 1.165) is 38.4 Å². The molecule has 2 amide bonds. The molecule has 134 valence electrons. The van der Waals surface area contributed by atoms with Gasteiger partial charge in [0.1, 0.15) is 18.4 Å². The summed E-state index contributed by atoms with van der Waals surface area (Å²) in [6.45, 7) is 4.65. The Morgan fingerprint density at radius 1 is 1.29 bits per heavy atom. The van der Waals surface area contributed by atoms with Gasteiger partial charge in [0.05, 0.1) is 6.61 Å². The Hall–Kier alpha value is -1.85. The van der Waals surface area contributed by atoms with Gasteiger partial charge in [-0.05, 0) is 24.7 Å². The molecule has 2 atom stereocenters. The first-order valence-electron chi connectivity index (χ1n) is 8.88. The Bertz CT molecular complexity index is 483.